The number of aromatic nitrogens is 2. The van der Waals surface area contributed by atoms with Crippen LogP contribution in [0.2, 0.25) is 0 Å². The fourth-order valence-corrected chi connectivity index (χ4v) is 5.13. The predicted molar refractivity (Wildman–Crippen MR) is 142 cm³/mol. The molecule has 6 heteroatoms. The van der Waals surface area contributed by atoms with Gasteiger partial charge in [-0.25, -0.2) is 4.98 Å². The lowest BCUT2D eigenvalue weighted by molar-refractivity contribution is 0.0773. The van der Waals surface area contributed by atoms with Crippen molar-refractivity contribution in [3.63, 3.8) is 0 Å². The lowest BCUT2D eigenvalue weighted by Gasteiger charge is -2.37. The Morgan fingerprint density at radius 3 is 2.53 bits per heavy atom. The zero-order chi connectivity index (χ0) is 25.1. The van der Waals surface area contributed by atoms with Crippen LogP contribution in [-0.4, -0.2) is 50.4 Å². The van der Waals surface area contributed by atoms with Crippen LogP contribution in [0.15, 0.2) is 79.0 Å². The van der Waals surface area contributed by atoms with Gasteiger partial charge in [-0.3, -0.25) is 9.69 Å². The van der Waals surface area contributed by atoms with Crippen LogP contribution in [0.4, 0.5) is 0 Å². The Bertz CT molecular complexity index is 1330. The minimum absolute atomic E-state index is 0.00966. The van der Waals surface area contributed by atoms with Crippen molar-refractivity contribution in [2.75, 3.05) is 19.6 Å². The lowest BCUT2D eigenvalue weighted by atomic mass is 9.87. The molecular weight excluding hydrogens is 448 g/mol. The molecule has 0 fully saturated rings. The first kappa shape index (κ1) is 23.8. The second-order valence-corrected chi connectivity index (χ2v) is 9.23. The van der Waals surface area contributed by atoms with Crippen LogP contribution in [-0.2, 0) is 13.0 Å². The van der Waals surface area contributed by atoms with Crippen molar-refractivity contribution >= 4 is 5.91 Å². The van der Waals surface area contributed by atoms with Gasteiger partial charge < -0.3 is 15.0 Å². The summed E-state index contributed by atoms with van der Waals surface area (Å²) in [5.74, 6) is 1.22. The topological polar surface area (TPSA) is 72.5 Å². The van der Waals surface area contributed by atoms with Gasteiger partial charge in [0.1, 0.15) is 11.6 Å². The summed E-state index contributed by atoms with van der Waals surface area (Å²) >= 11 is 0. The third kappa shape index (κ3) is 4.77. The smallest absolute Gasteiger partial charge is 0.253 e. The number of carbonyl (C=O) groups excluding carboxylic acids is 1. The van der Waals surface area contributed by atoms with E-state index < -0.39 is 0 Å². The number of rotatable bonds is 7. The zero-order valence-electron chi connectivity index (χ0n) is 20.8. The number of carbonyl (C=O) groups is 1. The van der Waals surface area contributed by atoms with Gasteiger partial charge in [-0.1, -0.05) is 48.5 Å². The number of nitrogens with one attached hydrogen (secondary N) is 1. The van der Waals surface area contributed by atoms with Crippen LogP contribution in [0.3, 0.4) is 0 Å². The molecule has 0 radical (unpaired) electrons. The summed E-state index contributed by atoms with van der Waals surface area (Å²) in [5.41, 5.74) is 6.29. The van der Waals surface area contributed by atoms with Gasteiger partial charge in [-0.2, -0.15) is 0 Å². The third-order valence-electron chi connectivity index (χ3n) is 7.03. The molecule has 1 atom stereocenters. The van der Waals surface area contributed by atoms with Gasteiger partial charge in [0.2, 0.25) is 0 Å². The van der Waals surface area contributed by atoms with Crippen molar-refractivity contribution in [2.45, 2.75) is 32.9 Å². The molecule has 0 aliphatic carbocycles. The van der Waals surface area contributed by atoms with E-state index in [2.05, 4.69) is 39.1 Å². The van der Waals surface area contributed by atoms with E-state index in [4.69, 9.17) is 0 Å². The maximum absolute atomic E-state index is 12.8. The molecule has 1 aliphatic rings. The summed E-state index contributed by atoms with van der Waals surface area (Å²) in [5, 5.41) is 10.1. The van der Waals surface area contributed by atoms with E-state index in [0.717, 1.165) is 41.2 Å². The fourth-order valence-electron chi connectivity index (χ4n) is 5.13. The molecule has 0 unspecified atom stereocenters. The number of hydrogen-bond acceptors (Lipinski definition) is 4. The fraction of sp³-hybridized carbons (Fsp3) is 0.267. The van der Waals surface area contributed by atoms with E-state index in [1.54, 1.807) is 6.07 Å². The average molecular weight is 481 g/mol. The number of aromatic hydroxyl groups is 1. The standard InChI is InChI=1S/C30H32N4O2/c1-3-33(4-2)30(36)23-12-10-21(11-13-23)28-27-15-14-26(35)18-24(27)16-17-34(28)20-25-19-31-29(32-25)22-8-6-5-7-9-22/h5-15,18-19,28,35H,3-4,16-17,20H2,1-2H3,(H,31,32)/t28-/m0/s1. The first-order valence-corrected chi connectivity index (χ1v) is 12.6. The molecule has 6 nitrogen and oxygen atoms in total. The number of benzene rings is 3. The van der Waals surface area contributed by atoms with Crippen molar-refractivity contribution in [2.24, 2.45) is 0 Å². The number of imidazole rings is 1. The van der Waals surface area contributed by atoms with Crippen molar-refractivity contribution in [1.29, 1.82) is 0 Å². The Balaban J connectivity index is 1.45. The molecule has 184 valence electrons. The van der Waals surface area contributed by atoms with Crippen molar-refractivity contribution in [1.82, 2.24) is 19.8 Å². The monoisotopic (exact) mass is 480 g/mol. The Labute approximate surface area is 212 Å². The van der Waals surface area contributed by atoms with E-state index in [9.17, 15) is 9.90 Å². The van der Waals surface area contributed by atoms with E-state index in [1.165, 1.54) is 5.56 Å². The first-order chi connectivity index (χ1) is 17.6. The van der Waals surface area contributed by atoms with E-state index in [0.29, 0.717) is 30.9 Å². The Kier molecular flexibility index (Phi) is 6.87. The highest BCUT2D eigenvalue weighted by atomic mass is 16.3. The molecule has 0 saturated carbocycles. The van der Waals surface area contributed by atoms with Gasteiger partial charge in [0.25, 0.3) is 5.91 Å². The number of fused-ring (bicyclic) bond motifs is 1. The molecule has 2 N–H and O–H groups in total. The van der Waals surface area contributed by atoms with Crippen LogP contribution < -0.4 is 0 Å². The molecule has 0 bridgehead atoms. The van der Waals surface area contributed by atoms with Gasteiger partial charge in [0.05, 0.1) is 6.04 Å². The number of amides is 1. The van der Waals surface area contributed by atoms with Gasteiger partial charge in [0, 0.05) is 49.2 Å². The lowest BCUT2D eigenvalue weighted by Crippen LogP contribution is -2.36. The first-order valence-electron chi connectivity index (χ1n) is 12.6. The summed E-state index contributed by atoms with van der Waals surface area (Å²) in [6, 6.07) is 23.8. The predicted octanol–water partition coefficient (Wildman–Crippen LogP) is 5.41. The Morgan fingerprint density at radius 1 is 1.06 bits per heavy atom. The van der Waals surface area contributed by atoms with Crippen LogP contribution in [0, 0.1) is 0 Å². The van der Waals surface area contributed by atoms with Crippen molar-refractivity contribution in [3.05, 3.63) is 107 Å². The maximum atomic E-state index is 12.8. The largest absolute Gasteiger partial charge is 0.508 e. The summed E-state index contributed by atoms with van der Waals surface area (Å²) < 4.78 is 0. The number of aromatic amines is 1. The summed E-state index contributed by atoms with van der Waals surface area (Å²) in [6.45, 7) is 6.95. The van der Waals surface area contributed by atoms with E-state index in [1.807, 2.05) is 67.4 Å². The number of hydrogen-bond donors (Lipinski definition) is 2. The molecular formula is C30H32N4O2. The number of nitrogens with zero attached hydrogens (tertiary/aromatic N) is 3. The summed E-state index contributed by atoms with van der Waals surface area (Å²) in [7, 11) is 0. The summed E-state index contributed by atoms with van der Waals surface area (Å²) in [6.07, 6.45) is 2.77. The van der Waals surface area contributed by atoms with Crippen molar-refractivity contribution < 1.29 is 9.90 Å². The molecule has 1 aliphatic heterocycles. The highest BCUT2D eigenvalue weighted by Gasteiger charge is 2.30. The molecule has 4 aromatic rings. The van der Waals surface area contributed by atoms with Gasteiger partial charge in [0.15, 0.2) is 0 Å². The van der Waals surface area contributed by atoms with Crippen LogP contribution >= 0.6 is 0 Å². The Morgan fingerprint density at radius 2 is 1.81 bits per heavy atom. The Hall–Kier alpha value is -3.90. The number of phenolic OH excluding ortho intramolecular Hbond substituents is 1. The van der Waals surface area contributed by atoms with Gasteiger partial charge >= 0.3 is 0 Å². The number of phenols is 1. The van der Waals surface area contributed by atoms with Gasteiger partial charge in [-0.05, 0) is 61.2 Å². The van der Waals surface area contributed by atoms with E-state index in [-0.39, 0.29) is 11.9 Å². The molecule has 2 heterocycles. The minimum atomic E-state index is 0.00966. The molecule has 1 aromatic heterocycles. The minimum Gasteiger partial charge on any atom is -0.508 e. The quantitative estimate of drug-likeness (QED) is 0.371. The van der Waals surface area contributed by atoms with Crippen molar-refractivity contribution in [3.8, 4) is 17.1 Å². The SMILES string of the molecule is CCN(CC)C(=O)c1ccc([C@H]2c3ccc(O)cc3CCN2Cc2cnc(-c3ccccc3)[nH]2)cc1. The highest BCUT2D eigenvalue weighted by molar-refractivity contribution is 5.94. The molecule has 0 saturated heterocycles. The van der Waals surface area contributed by atoms with Gasteiger partial charge in [-0.15, -0.1) is 0 Å². The normalized spacial score (nSPS) is 15.4. The molecule has 0 spiro atoms. The number of H-pyrrole nitrogens is 1. The van der Waals surface area contributed by atoms with Crippen LogP contribution in [0.25, 0.3) is 11.4 Å². The molecule has 5 rings (SSSR count). The second kappa shape index (κ2) is 10.4. The summed E-state index contributed by atoms with van der Waals surface area (Å²) in [4.78, 5) is 25.2. The highest BCUT2D eigenvalue weighted by Crippen LogP contribution is 2.37. The molecule has 36 heavy (non-hydrogen) atoms. The second-order valence-electron chi connectivity index (χ2n) is 9.23. The van der Waals surface area contributed by atoms with E-state index >= 15 is 0 Å². The third-order valence-corrected chi connectivity index (χ3v) is 7.03. The molecule has 3 aromatic carbocycles. The molecule has 1 amide bonds. The average Bonchev–Trinajstić information content (AvgIpc) is 3.38. The zero-order valence-corrected chi connectivity index (χ0v) is 20.8. The maximum Gasteiger partial charge on any atom is 0.253 e. The van der Waals surface area contributed by atoms with Crippen LogP contribution in [0.5, 0.6) is 5.75 Å². The van der Waals surface area contributed by atoms with Crippen LogP contribution in [0.1, 0.15) is 52.6 Å².